The van der Waals surface area contributed by atoms with E-state index in [1.165, 1.54) is 6.07 Å². The number of halogens is 2. The molecule has 3 heterocycles. The first-order valence-electron chi connectivity index (χ1n) is 10.6. The third-order valence-electron chi connectivity index (χ3n) is 6.10. The first-order valence-corrected chi connectivity index (χ1v) is 10.6. The van der Waals surface area contributed by atoms with Gasteiger partial charge < -0.3 is 15.5 Å². The molecule has 0 unspecified atom stereocenters. The van der Waals surface area contributed by atoms with Crippen LogP contribution in [0.3, 0.4) is 0 Å². The van der Waals surface area contributed by atoms with Gasteiger partial charge in [0.05, 0.1) is 11.9 Å². The number of anilines is 2. The van der Waals surface area contributed by atoms with Crippen LogP contribution < -0.4 is 10.6 Å². The molecule has 1 fully saturated rings. The fourth-order valence-corrected chi connectivity index (χ4v) is 4.28. The lowest BCUT2D eigenvalue weighted by Gasteiger charge is -2.34. The Kier molecular flexibility index (Phi) is 5.01. The minimum atomic E-state index is -0.928. The van der Waals surface area contributed by atoms with Crippen LogP contribution in [0.4, 0.5) is 20.3 Å². The lowest BCUT2D eigenvalue weighted by molar-refractivity contribution is 0.313. The maximum atomic E-state index is 13.8. The summed E-state index contributed by atoms with van der Waals surface area (Å²) in [7, 11) is 2.14. The van der Waals surface area contributed by atoms with Gasteiger partial charge in [-0.2, -0.15) is 9.61 Å². The number of nitrogen functional groups attached to an aromatic ring is 1. The fourth-order valence-electron chi connectivity index (χ4n) is 4.28. The predicted molar refractivity (Wildman–Crippen MR) is 123 cm³/mol. The molecule has 1 saturated heterocycles. The third-order valence-corrected chi connectivity index (χ3v) is 6.10. The van der Waals surface area contributed by atoms with Crippen LogP contribution in [-0.2, 0) is 0 Å². The molecule has 2 N–H and O–H groups in total. The third kappa shape index (κ3) is 3.46. The van der Waals surface area contributed by atoms with Crippen LogP contribution in [0.15, 0.2) is 48.7 Å². The van der Waals surface area contributed by atoms with E-state index in [1.54, 1.807) is 10.7 Å². The van der Waals surface area contributed by atoms with Crippen LogP contribution >= 0.6 is 0 Å². The molecule has 0 atom stereocenters. The number of likely N-dealkylation sites (N-methyl/N-ethyl adjacent to an activating group) is 1. The number of hydrogen-bond donors (Lipinski definition) is 1. The Labute approximate surface area is 184 Å². The average molecular weight is 434 g/mol. The van der Waals surface area contributed by atoms with Crippen LogP contribution in [-0.4, -0.2) is 52.7 Å². The van der Waals surface area contributed by atoms with Crippen molar-refractivity contribution < 1.29 is 8.78 Å². The second-order valence-corrected chi connectivity index (χ2v) is 8.22. The smallest absolute Gasteiger partial charge is 0.165 e. The van der Waals surface area contributed by atoms with E-state index < -0.39 is 11.6 Å². The summed E-state index contributed by atoms with van der Waals surface area (Å²) in [6, 6.07) is 12.1. The monoisotopic (exact) mass is 434 g/mol. The SMILES string of the molecule is Cc1nc2c(-c3cccc(N4CCN(C)CC4)c3)cnn2c(N)c1-c1ccc(F)c(F)c1. The van der Waals surface area contributed by atoms with Crippen molar-refractivity contribution in [3.8, 4) is 22.3 Å². The van der Waals surface area contributed by atoms with E-state index >= 15 is 0 Å². The van der Waals surface area contributed by atoms with Crippen molar-refractivity contribution in [2.75, 3.05) is 43.9 Å². The Balaban J connectivity index is 1.57. The number of piperazine rings is 1. The van der Waals surface area contributed by atoms with Crippen LogP contribution in [0.1, 0.15) is 5.69 Å². The maximum Gasteiger partial charge on any atom is 0.165 e. The predicted octanol–water partition coefficient (Wildman–Crippen LogP) is 3.98. The van der Waals surface area contributed by atoms with Gasteiger partial charge in [0.2, 0.25) is 0 Å². The number of benzene rings is 2. The summed E-state index contributed by atoms with van der Waals surface area (Å²) in [5.41, 5.74) is 11.7. The van der Waals surface area contributed by atoms with Crippen LogP contribution in [0.25, 0.3) is 27.9 Å². The molecule has 164 valence electrons. The summed E-state index contributed by atoms with van der Waals surface area (Å²) < 4.78 is 28.8. The van der Waals surface area contributed by atoms with Crippen molar-refractivity contribution in [1.29, 1.82) is 0 Å². The van der Waals surface area contributed by atoms with Gasteiger partial charge in [-0.15, -0.1) is 0 Å². The zero-order valence-electron chi connectivity index (χ0n) is 18.0. The number of aryl methyl sites for hydroxylation is 1. The summed E-state index contributed by atoms with van der Waals surface area (Å²) in [6.45, 7) is 5.84. The van der Waals surface area contributed by atoms with Crippen LogP contribution in [0, 0.1) is 18.6 Å². The van der Waals surface area contributed by atoms with Gasteiger partial charge in [0.1, 0.15) is 5.82 Å². The highest BCUT2D eigenvalue weighted by Crippen LogP contribution is 2.34. The molecule has 0 saturated carbocycles. The summed E-state index contributed by atoms with van der Waals surface area (Å²) in [5.74, 6) is -1.50. The van der Waals surface area contributed by atoms with E-state index in [9.17, 15) is 8.78 Å². The number of rotatable bonds is 3. The molecule has 6 nitrogen and oxygen atoms in total. The summed E-state index contributed by atoms with van der Waals surface area (Å²) in [4.78, 5) is 9.44. The summed E-state index contributed by atoms with van der Waals surface area (Å²) in [5, 5.41) is 4.46. The van der Waals surface area contributed by atoms with Gasteiger partial charge in [0.15, 0.2) is 17.3 Å². The van der Waals surface area contributed by atoms with E-state index in [4.69, 9.17) is 10.7 Å². The summed E-state index contributed by atoms with van der Waals surface area (Å²) >= 11 is 0. The van der Waals surface area contributed by atoms with Crippen LogP contribution in [0.2, 0.25) is 0 Å². The molecule has 0 spiro atoms. The number of aromatic nitrogens is 3. The molecule has 0 bridgehead atoms. The van der Waals surface area contributed by atoms with Gasteiger partial charge in [0, 0.05) is 43.0 Å². The largest absolute Gasteiger partial charge is 0.383 e. The van der Waals surface area contributed by atoms with Gasteiger partial charge in [-0.05, 0) is 49.4 Å². The molecule has 0 amide bonds. The molecule has 8 heteroatoms. The lowest BCUT2D eigenvalue weighted by atomic mass is 10.0. The molecule has 32 heavy (non-hydrogen) atoms. The van der Waals surface area contributed by atoms with Crippen molar-refractivity contribution in [3.05, 3.63) is 66.0 Å². The molecule has 4 aromatic rings. The van der Waals surface area contributed by atoms with Gasteiger partial charge in [-0.3, -0.25) is 0 Å². The minimum Gasteiger partial charge on any atom is -0.383 e. The number of nitrogens with zero attached hydrogens (tertiary/aromatic N) is 5. The topological polar surface area (TPSA) is 62.7 Å². The molecule has 2 aromatic heterocycles. The molecule has 1 aliphatic rings. The van der Waals surface area contributed by atoms with Gasteiger partial charge in [0.25, 0.3) is 0 Å². The maximum absolute atomic E-state index is 13.8. The normalized spacial score (nSPS) is 14.9. The van der Waals surface area contributed by atoms with Gasteiger partial charge >= 0.3 is 0 Å². The highest BCUT2D eigenvalue weighted by molar-refractivity contribution is 5.84. The molecular weight excluding hydrogens is 410 g/mol. The van der Waals surface area contributed by atoms with E-state index in [1.807, 2.05) is 19.1 Å². The molecule has 0 radical (unpaired) electrons. The Morgan fingerprint density at radius 2 is 1.72 bits per heavy atom. The molecule has 5 rings (SSSR count). The minimum absolute atomic E-state index is 0.333. The molecule has 1 aliphatic heterocycles. The van der Waals surface area contributed by atoms with Crippen molar-refractivity contribution >= 4 is 17.2 Å². The van der Waals surface area contributed by atoms with E-state index in [0.29, 0.717) is 28.3 Å². The van der Waals surface area contributed by atoms with Crippen molar-refractivity contribution in [3.63, 3.8) is 0 Å². The molecule has 0 aliphatic carbocycles. The molecular formula is C24H24F2N6. The van der Waals surface area contributed by atoms with E-state index in [2.05, 4.69) is 34.1 Å². The first-order chi connectivity index (χ1) is 15.4. The number of hydrogen-bond acceptors (Lipinski definition) is 5. The Bertz CT molecular complexity index is 1310. The Morgan fingerprint density at radius 1 is 0.938 bits per heavy atom. The van der Waals surface area contributed by atoms with Crippen LogP contribution in [0.5, 0.6) is 0 Å². The average Bonchev–Trinajstić information content (AvgIpc) is 3.21. The summed E-state index contributed by atoms with van der Waals surface area (Å²) in [6.07, 6.45) is 1.75. The fraction of sp³-hybridized carbons (Fsp3) is 0.250. The van der Waals surface area contributed by atoms with Crippen molar-refractivity contribution in [2.45, 2.75) is 6.92 Å². The zero-order chi connectivity index (χ0) is 22.4. The van der Waals surface area contributed by atoms with Gasteiger partial charge in [-0.1, -0.05) is 18.2 Å². The first kappa shape index (κ1) is 20.4. The Morgan fingerprint density at radius 3 is 2.47 bits per heavy atom. The van der Waals surface area contributed by atoms with E-state index in [0.717, 1.165) is 55.1 Å². The zero-order valence-corrected chi connectivity index (χ0v) is 18.0. The number of fused-ring (bicyclic) bond motifs is 1. The van der Waals surface area contributed by atoms with Gasteiger partial charge in [-0.25, -0.2) is 13.8 Å². The standard InChI is InChI=1S/C24H24F2N6/c1-15-22(17-6-7-20(25)21(26)13-17)23(27)32-24(29-15)19(14-28-32)16-4-3-5-18(12-16)31-10-8-30(2)9-11-31/h3-7,12-14H,8-11,27H2,1-2H3. The Hall–Kier alpha value is -3.52. The van der Waals surface area contributed by atoms with Crippen molar-refractivity contribution in [2.24, 2.45) is 0 Å². The number of nitrogens with two attached hydrogens (primary N) is 1. The highest BCUT2D eigenvalue weighted by atomic mass is 19.2. The quantitative estimate of drug-likeness (QED) is 0.528. The highest BCUT2D eigenvalue weighted by Gasteiger charge is 2.19. The van der Waals surface area contributed by atoms with E-state index in [-0.39, 0.29) is 0 Å². The molecule has 2 aromatic carbocycles. The second-order valence-electron chi connectivity index (χ2n) is 8.22. The second kappa shape index (κ2) is 7.87. The lowest BCUT2D eigenvalue weighted by Crippen LogP contribution is -2.44. The van der Waals surface area contributed by atoms with Crippen molar-refractivity contribution in [1.82, 2.24) is 19.5 Å².